The molecule has 0 aliphatic heterocycles. The minimum atomic E-state index is -4.95. The maximum Gasteiger partial charge on any atom is 0.431 e. The number of alkyl halides is 3. The van der Waals surface area contributed by atoms with Gasteiger partial charge >= 0.3 is 11.9 Å². The highest BCUT2D eigenvalue weighted by atomic mass is 35.5. The van der Waals surface area contributed by atoms with Gasteiger partial charge in [0.15, 0.2) is 0 Å². The molecule has 11 heteroatoms. The van der Waals surface area contributed by atoms with Gasteiger partial charge < -0.3 is 5.32 Å². The van der Waals surface area contributed by atoms with Crippen molar-refractivity contribution in [3.63, 3.8) is 0 Å². The summed E-state index contributed by atoms with van der Waals surface area (Å²) in [5.74, 6) is -1.81. The largest absolute Gasteiger partial charge is 0.431 e. The molecule has 0 radical (unpaired) electrons. The Morgan fingerprint density at radius 2 is 1.86 bits per heavy atom. The summed E-state index contributed by atoms with van der Waals surface area (Å²) in [7, 11) is 0.799. The molecule has 0 atom stereocenters. The summed E-state index contributed by atoms with van der Waals surface area (Å²) in [5.41, 5.74) is -5.19. The number of halogens is 5. The Hall–Kier alpha value is -2.62. The van der Waals surface area contributed by atoms with E-state index >= 15 is 0 Å². The predicted octanol–water partition coefficient (Wildman–Crippen LogP) is 2.88. The number of unbranched alkanes of at least 4 members (excludes halogenated alkanes) is 1. The van der Waals surface area contributed by atoms with Gasteiger partial charge in [0.05, 0.1) is 16.3 Å². The lowest BCUT2D eigenvalue weighted by Crippen LogP contribution is -2.41. The van der Waals surface area contributed by atoms with Gasteiger partial charge in [-0.2, -0.15) is 13.2 Å². The molecule has 0 spiro atoms. The molecule has 0 unspecified atom stereocenters. The van der Waals surface area contributed by atoms with Gasteiger partial charge in [0.1, 0.15) is 11.5 Å². The topological polar surface area (TPSA) is 73.1 Å². The Bertz CT molecular complexity index is 1030. The van der Waals surface area contributed by atoms with Gasteiger partial charge in [0.25, 0.3) is 11.5 Å². The normalized spacial score (nSPS) is 11.5. The number of hydrogen-bond acceptors (Lipinski definition) is 3. The number of amides is 1. The molecule has 0 aliphatic rings. The Labute approximate surface area is 161 Å². The van der Waals surface area contributed by atoms with Crippen molar-refractivity contribution in [3.8, 4) is 5.69 Å². The molecule has 1 heterocycles. The number of hydrogen-bond donors (Lipinski definition) is 1. The second-order valence-electron chi connectivity index (χ2n) is 5.94. The van der Waals surface area contributed by atoms with Crippen molar-refractivity contribution in [1.29, 1.82) is 0 Å². The molecule has 1 aromatic carbocycles. The Morgan fingerprint density at radius 3 is 2.43 bits per heavy atom. The zero-order valence-corrected chi connectivity index (χ0v) is 15.6. The molecule has 6 nitrogen and oxygen atoms in total. The van der Waals surface area contributed by atoms with Gasteiger partial charge in [-0.15, -0.1) is 0 Å². The van der Waals surface area contributed by atoms with Gasteiger partial charge in [0, 0.05) is 19.7 Å². The molecule has 28 heavy (non-hydrogen) atoms. The van der Waals surface area contributed by atoms with Gasteiger partial charge in [0.2, 0.25) is 0 Å². The average molecular weight is 422 g/mol. The summed E-state index contributed by atoms with van der Waals surface area (Å²) in [4.78, 5) is 36.7. The van der Waals surface area contributed by atoms with E-state index in [4.69, 9.17) is 11.6 Å². The van der Waals surface area contributed by atoms with E-state index in [9.17, 15) is 31.9 Å². The third kappa shape index (κ3) is 4.27. The predicted molar refractivity (Wildman–Crippen MR) is 94.5 cm³/mol. The first-order valence-electron chi connectivity index (χ1n) is 8.17. The monoisotopic (exact) mass is 421 g/mol. The number of nitrogens with zero attached hydrogens (tertiary/aromatic N) is 2. The van der Waals surface area contributed by atoms with E-state index < -0.39 is 40.5 Å². The number of rotatable bonds is 5. The molecule has 1 aromatic heterocycles. The first-order valence-corrected chi connectivity index (χ1v) is 8.54. The minimum absolute atomic E-state index is 0.177. The van der Waals surface area contributed by atoms with E-state index in [-0.39, 0.29) is 25.8 Å². The first-order chi connectivity index (χ1) is 13.0. The first kappa shape index (κ1) is 21.7. The van der Waals surface area contributed by atoms with Gasteiger partial charge in [-0.25, -0.2) is 13.8 Å². The molecule has 0 aliphatic carbocycles. The zero-order chi connectivity index (χ0) is 21.2. The van der Waals surface area contributed by atoms with Crippen LogP contribution < -0.4 is 16.6 Å². The lowest BCUT2D eigenvalue weighted by atomic mass is 10.1. The quantitative estimate of drug-likeness (QED) is 0.596. The van der Waals surface area contributed by atoms with E-state index in [1.165, 1.54) is 0 Å². The van der Waals surface area contributed by atoms with Crippen LogP contribution in [0.2, 0.25) is 5.02 Å². The van der Waals surface area contributed by atoms with Crippen LogP contribution in [0.25, 0.3) is 5.69 Å². The van der Waals surface area contributed by atoms with Gasteiger partial charge in [-0.3, -0.25) is 14.2 Å². The van der Waals surface area contributed by atoms with Crippen molar-refractivity contribution in [2.45, 2.75) is 25.9 Å². The summed E-state index contributed by atoms with van der Waals surface area (Å²) < 4.78 is 53.6. The molecule has 0 fully saturated rings. The number of nitrogens with one attached hydrogen (secondary N) is 1. The van der Waals surface area contributed by atoms with Crippen LogP contribution in [0.5, 0.6) is 0 Å². The van der Waals surface area contributed by atoms with E-state index in [0.29, 0.717) is 13.0 Å². The molecular formula is C17H16ClF4N3O3. The average Bonchev–Trinajstić information content (AvgIpc) is 2.59. The fourth-order valence-electron chi connectivity index (χ4n) is 2.48. The fraction of sp³-hybridized carbons (Fsp3) is 0.353. The summed E-state index contributed by atoms with van der Waals surface area (Å²) in [5, 5.41) is 2.27. The van der Waals surface area contributed by atoms with Crippen LogP contribution in [0.15, 0.2) is 27.8 Å². The smallest absolute Gasteiger partial charge is 0.352 e. The van der Waals surface area contributed by atoms with Crippen molar-refractivity contribution < 1.29 is 22.4 Å². The van der Waals surface area contributed by atoms with Crippen molar-refractivity contribution in [3.05, 3.63) is 61.1 Å². The highest BCUT2D eigenvalue weighted by Gasteiger charge is 2.35. The molecule has 2 aromatic rings. The number of carbonyl (C=O) groups excluding carboxylic acids is 1. The Morgan fingerprint density at radius 1 is 1.21 bits per heavy atom. The standard InChI is InChI=1S/C17H16ClF4N3O3/c1-3-4-5-23-15(27)9-6-12(11(19)7-10(9)18)25-14(26)8-13(17(20,21)22)24(2)16(25)28/h6-8H,3-5H2,1-2H3,(H,23,27). The summed E-state index contributed by atoms with van der Waals surface area (Å²) in [6.45, 7) is 2.22. The molecule has 0 saturated heterocycles. The molecule has 1 amide bonds. The molecule has 1 N–H and O–H groups in total. The van der Waals surface area contributed by atoms with Crippen LogP contribution in [-0.2, 0) is 13.2 Å². The molecule has 2 rings (SSSR count). The highest BCUT2D eigenvalue weighted by molar-refractivity contribution is 6.33. The highest BCUT2D eigenvalue weighted by Crippen LogP contribution is 2.27. The van der Waals surface area contributed by atoms with Crippen LogP contribution in [0.3, 0.4) is 0 Å². The second-order valence-corrected chi connectivity index (χ2v) is 6.34. The zero-order valence-electron chi connectivity index (χ0n) is 14.9. The van der Waals surface area contributed by atoms with Gasteiger partial charge in [-0.05, 0) is 18.6 Å². The van der Waals surface area contributed by atoms with Gasteiger partial charge in [-0.1, -0.05) is 24.9 Å². The van der Waals surface area contributed by atoms with E-state index in [0.717, 1.165) is 25.6 Å². The number of benzene rings is 1. The van der Waals surface area contributed by atoms with Crippen LogP contribution in [-0.4, -0.2) is 21.6 Å². The van der Waals surface area contributed by atoms with E-state index in [1.807, 2.05) is 6.92 Å². The molecule has 0 saturated carbocycles. The minimum Gasteiger partial charge on any atom is -0.352 e. The van der Waals surface area contributed by atoms with Crippen LogP contribution in [0.1, 0.15) is 35.8 Å². The van der Waals surface area contributed by atoms with Crippen molar-refractivity contribution in [2.24, 2.45) is 7.05 Å². The van der Waals surface area contributed by atoms with Crippen molar-refractivity contribution >= 4 is 17.5 Å². The van der Waals surface area contributed by atoms with E-state index in [2.05, 4.69) is 5.32 Å². The number of aromatic nitrogens is 2. The lowest BCUT2D eigenvalue weighted by Gasteiger charge is -2.15. The van der Waals surface area contributed by atoms with Crippen LogP contribution in [0, 0.1) is 5.82 Å². The third-order valence-electron chi connectivity index (χ3n) is 3.95. The number of carbonyl (C=O) groups is 1. The lowest BCUT2D eigenvalue weighted by molar-refractivity contribution is -0.144. The summed E-state index contributed by atoms with van der Waals surface area (Å²) >= 11 is 5.87. The molecule has 152 valence electrons. The van der Waals surface area contributed by atoms with Crippen LogP contribution >= 0.6 is 11.6 Å². The second kappa shape index (κ2) is 8.17. The third-order valence-corrected chi connectivity index (χ3v) is 4.26. The fourth-order valence-corrected chi connectivity index (χ4v) is 2.71. The maximum absolute atomic E-state index is 14.4. The van der Waals surface area contributed by atoms with Crippen LogP contribution in [0.4, 0.5) is 17.6 Å². The molecular weight excluding hydrogens is 406 g/mol. The summed E-state index contributed by atoms with van der Waals surface area (Å²) in [6, 6.07) is 1.75. The van der Waals surface area contributed by atoms with E-state index in [1.54, 1.807) is 0 Å². The molecule has 0 bridgehead atoms. The SMILES string of the molecule is CCCCNC(=O)c1cc(-n2c(=O)cc(C(F)(F)F)n(C)c2=O)c(F)cc1Cl. The summed E-state index contributed by atoms with van der Waals surface area (Å²) in [6.07, 6.45) is -3.47. The Kier molecular flexibility index (Phi) is 6.33. The Balaban J connectivity index is 2.65. The maximum atomic E-state index is 14.4. The van der Waals surface area contributed by atoms with Crippen molar-refractivity contribution in [1.82, 2.24) is 14.5 Å². The van der Waals surface area contributed by atoms with Crippen molar-refractivity contribution in [2.75, 3.05) is 6.54 Å².